The molecule has 1 saturated heterocycles. The molecule has 2 atom stereocenters. The average Bonchev–Trinajstić information content (AvgIpc) is 2.28. The highest BCUT2D eigenvalue weighted by Gasteiger charge is 2.20. The maximum atomic E-state index is 2.67. The molecule has 0 radical (unpaired) electrons. The van der Waals surface area contributed by atoms with Crippen molar-refractivity contribution in [1.82, 2.24) is 4.90 Å². The molecule has 1 fully saturated rings. The van der Waals surface area contributed by atoms with Gasteiger partial charge in [0.2, 0.25) is 0 Å². The highest BCUT2D eigenvalue weighted by Crippen LogP contribution is 2.19. The van der Waals surface area contributed by atoms with Crippen molar-refractivity contribution >= 4 is 11.8 Å². The molecule has 0 spiro atoms. The summed E-state index contributed by atoms with van der Waals surface area (Å²) in [7, 11) is 0. The summed E-state index contributed by atoms with van der Waals surface area (Å²) in [5.41, 5.74) is 0. The van der Waals surface area contributed by atoms with Crippen LogP contribution in [-0.2, 0) is 0 Å². The van der Waals surface area contributed by atoms with Crippen LogP contribution in [-0.4, -0.2) is 35.0 Å². The Morgan fingerprint density at radius 3 is 2.92 bits per heavy atom. The van der Waals surface area contributed by atoms with E-state index in [9.17, 15) is 0 Å². The molecule has 1 rings (SSSR count). The van der Waals surface area contributed by atoms with Gasteiger partial charge in [-0.2, -0.15) is 11.8 Å². The van der Waals surface area contributed by atoms with Gasteiger partial charge in [0, 0.05) is 24.4 Å². The van der Waals surface area contributed by atoms with Gasteiger partial charge in [0.25, 0.3) is 0 Å². The van der Waals surface area contributed by atoms with Crippen LogP contribution in [0.1, 0.15) is 33.6 Å². The van der Waals surface area contributed by atoms with Gasteiger partial charge in [-0.1, -0.05) is 6.92 Å². The molecule has 0 saturated carbocycles. The second-order valence-electron chi connectivity index (χ2n) is 3.75. The third-order valence-electron chi connectivity index (χ3n) is 2.90. The predicted molar refractivity (Wildman–Crippen MR) is 57.9 cm³/mol. The highest BCUT2D eigenvalue weighted by molar-refractivity contribution is 7.99. The minimum atomic E-state index is 0.777. The summed E-state index contributed by atoms with van der Waals surface area (Å²) in [6.45, 7) is 8.31. The van der Waals surface area contributed by atoms with Gasteiger partial charge in [-0.3, -0.25) is 4.90 Å². The van der Waals surface area contributed by atoms with Crippen molar-refractivity contribution in [3.05, 3.63) is 0 Å². The molecule has 0 aromatic carbocycles. The quantitative estimate of drug-likeness (QED) is 0.654. The number of rotatable bonds is 2. The Morgan fingerprint density at radius 2 is 2.25 bits per heavy atom. The molecule has 1 heterocycles. The van der Waals surface area contributed by atoms with Crippen molar-refractivity contribution in [2.24, 2.45) is 0 Å². The zero-order chi connectivity index (χ0) is 8.97. The van der Waals surface area contributed by atoms with Gasteiger partial charge in [-0.15, -0.1) is 0 Å². The van der Waals surface area contributed by atoms with Gasteiger partial charge >= 0.3 is 0 Å². The fraction of sp³-hybridized carbons (Fsp3) is 1.00. The van der Waals surface area contributed by atoms with E-state index in [2.05, 4.69) is 37.4 Å². The SMILES string of the molecule is CCC(C)N1CCSCCC1C. The van der Waals surface area contributed by atoms with Crippen LogP contribution in [0, 0.1) is 0 Å². The Hall–Kier alpha value is 0.310. The molecule has 1 aliphatic heterocycles. The zero-order valence-corrected chi connectivity index (χ0v) is 9.36. The minimum absolute atomic E-state index is 0.777. The van der Waals surface area contributed by atoms with Gasteiger partial charge < -0.3 is 0 Å². The van der Waals surface area contributed by atoms with Crippen LogP contribution in [0.15, 0.2) is 0 Å². The lowest BCUT2D eigenvalue weighted by molar-refractivity contribution is 0.160. The van der Waals surface area contributed by atoms with E-state index in [-0.39, 0.29) is 0 Å². The molecule has 72 valence electrons. The fourth-order valence-corrected chi connectivity index (χ4v) is 2.85. The van der Waals surface area contributed by atoms with Crippen molar-refractivity contribution in [2.45, 2.75) is 45.7 Å². The highest BCUT2D eigenvalue weighted by atomic mass is 32.2. The van der Waals surface area contributed by atoms with Gasteiger partial charge in [-0.25, -0.2) is 0 Å². The van der Waals surface area contributed by atoms with E-state index in [0.29, 0.717) is 0 Å². The topological polar surface area (TPSA) is 3.24 Å². The molecule has 2 unspecified atom stereocenters. The van der Waals surface area contributed by atoms with E-state index in [0.717, 1.165) is 12.1 Å². The Morgan fingerprint density at radius 1 is 1.50 bits per heavy atom. The summed E-state index contributed by atoms with van der Waals surface area (Å²) in [4.78, 5) is 2.67. The lowest BCUT2D eigenvalue weighted by Gasteiger charge is -2.32. The molecule has 0 bridgehead atoms. The Bertz CT molecular complexity index is 127. The second kappa shape index (κ2) is 5.13. The predicted octanol–water partition coefficient (Wildman–Crippen LogP) is 2.61. The third kappa shape index (κ3) is 2.67. The lowest BCUT2D eigenvalue weighted by atomic mass is 10.1. The van der Waals surface area contributed by atoms with Gasteiger partial charge in [0.1, 0.15) is 0 Å². The first kappa shape index (κ1) is 10.4. The summed E-state index contributed by atoms with van der Waals surface area (Å²) in [6, 6.07) is 1.58. The monoisotopic (exact) mass is 187 g/mol. The standard InChI is InChI=1S/C10H21NS/c1-4-9(2)11-6-8-12-7-5-10(11)3/h9-10H,4-8H2,1-3H3. The molecule has 0 aromatic rings. The molecule has 0 aromatic heterocycles. The van der Waals surface area contributed by atoms with Crippen LogP contribution in [0.2, 0.25) is 0 Å². The molecule has 2 heteroatoms. The Balaban J connectivity index is 2.46. The number of thioether (sulfide) groups is 1. The van der Waals surface area contributed by atoms with Gasteiger partial charge in [0.15, 0.2) is 0 Å². The molecule has 0 amide bonds. The summed E-state index contributed by atoms with van der Waals surface area (Å²) < 4.78 is 0. The van der Waals surface area contributed by atoms with E-state index < -0.39 is 0 Å². The first-order valence-corrected chi connectivity index (χ1v) is 6.24. The summed E-state index contributed by atoms with van der Waals surface area (Å²) in [5, 5.41) is 0. The Kier molecular flexibility index (Phi) is 4.44. The maximum absolute atomic E-state index is 2.67. The van der Waals surface area contributed by atoms with Gasteiger partial charge in [-0.05, 0) is 32.4 Å². The average molecular weight is 187 g/mol. The van der Waals surface area contributed by atoms with Crippen LogP contribution < -0.4 is 0 Å². The maximum Gasteiger partial charge on any atom is 0.00780 e. The number of hydrogen-bond acceptors (Lipinski definition) is 2. The van der Waals surface area contributed by atoms with E-state index in [1.54, 1.807) is 0 Å². The van der Waals surface area contributed by atoms with Gasteiger partial charge in [0.05, 0.1) is 0 Å². The van der Waals surface area contributed by atoms with E-state index >= 15 is 0 Å². The van der Waals surface area contributed by atoms with Crippen LogP contribution in [0.25, 0.3) is 0 Å². The summed E-state index contributed by atoms with van der Waals surface area (Å²) >= 11 is 2.11. The first-order chi connectivity index (χ1) is 5.75. The van der Waals surface area contributed by atoms with E-state index in [1.807, 2.05) is 0 Å². The van der Waals surface area contributed by atoms with E-state index in [4.69, 9.17) is 0 Å². The normalized spacial score (nSPS) is 29.8. The third-order valence-corrected chi connectivity index (χ3v) is 3.89. The van der Waals surface area contributed by atoms with E-state index in [1.165, 1.54) is 30.9 Å². The lowest BCUT2D eigenvalue weighted by Crippen LogP contribution is -2.40. The number of hydrogen-bond donors (Lipinski definition) is 0. The molecule has 1 aliphatic rings. The molecular formula is C10H21NS. The smallest absolute Gasteiger partial charge is 0.00780 e. The largest absolute Gasteiger partial charge is 0.297 e. The molecule has 12 heavy (non-hydrogen) atoms. The first-order valence-electron chi connectivity index (χ1n) is 5.09. The van der Waals surface area contributed by atoms with Crippen molar-refractivity contribution < 1.29 is 0 Å². The van der Waals surface area contributed by atoms with Crippen LogP contribution in [0.3, 0.4) is 0 Å². The number of nitrogens with zero attached hydrogens (tertiary/aromatic N) is 1. The van der Waals surface area contributed by atoms with Crippen molar-refractivity contribution in [3.8, 4) is 0 Å². The Labute approximate surface area is 80.9 Å². The second-order valence-corrected chi connectivity index (χ2v) is 4.97. The summed E-state index contributed by atoms with van der Waals surface area (Å²) in [6.07, 6.45) is 2.66. The zero-order valence-electron chi connectivity index (χ0n) is 8.55. The molecular weight excluding hydrogens is 166 g/mol. The van der Waals surface area contributed by atoms with Crippen molar-refractivity contribution in [1.29, 1.82) is 0 Å². The minimum Gasteiger partial charge on any atom is -0.297 e. The van der Waals surface area contributed by atoms with Crippen LogP contribution >= 0.6 is 11.8 Å². The molecule has 0 aliphatic carbocycles. The summed E-state index contributed by atoms with van der Waals surface area (Å²) in [5.74, 6) is 2.68. The molecule has 0 N–H and O–H groups in total. The fourth-order valence-electron chi connectivity index (χ4n) is 1.80. The molecule has 1 nitrogen and oxygen atoms in total. The van der Waals surface area contributed by atoms with Crippen LogP contribution in [0.5, 0.6) is 0 Å². The van der Waals surface area contributed by atoms with Crippen molar-refractivity contribution in [2.75, 3.05) is 18.1 Å². The van der Waals surface area contributed by atoms with Crippen LogP contribution in [0.4, 0.5) is 0 Å². The van der Waals surface area contributed by atoms with Crippen molar-refractivity contribution in [3.63, 3.8) is 0 Å².